The fourth-order valence-electron chi connectivity index (χ4n) is 3.83. The first-order chi connectivity index (χ1) is 12.4. The van der Waals surface area contributed by atoms with Gasteiger partial charge in [-0.05, 0) is 49.8 Å². The zero-order valence-corrected chi connectivity index (χ0v) is 14.8. The molecule has 7 heteroatoms. The lowest BCUT2D eigenvalue weighted by Gasteiger charge is -2.47. The summed E-state index contributed by atoms with van der Waals surface area (Å²) in [6.07, 6.45) is 2.52. The van der Waals surface area contributed by atoms with E-state index in [9.17, 15) is 19.5 Å². The van der Waals surface area contributed by atoms with Crippen LogP contribution in [0.2, 0.25) is 0 Å². The molecule has 0 bridgehead atoms. The van der Waals surface area contributed by atoms with Gasteiger partial charge in [-0.15, -0.1) is 0 Å². The van der Waals surface area contributed by atoms with E-state index in [1.165, 1.54) is 0 Å². The number of urea groups is 1. The minimum Gasteiger partial charge on any atom is -0.386 e. The molecule has 2 heterocycles. The van der Waals surface area contributed by atoms with Crippen molar-refractivity contribution in [2.45, 2.75) is 44.2 Å². The molecule has 2 saturated heterocycles. The molecule has 138 valence electrons. The van der Waals surface area contributed by atoms with Crippen molar-refractivity contribution < 1.29 is 19.5 Å². The third-order valence-electron chi connectivity index (χ3n) is 5.55. The molecule has 0 spiro atoms. The molecule has 4 rings (SSSR count). The first kappa shape index (κ1) is 17.0. The van der Waals surface area contributed by atoms with Crippen molar-refractivity contribution in [3.8, 4) is 0 Å². The fraction of sp³-hybridized carbons (Fsp3) is 0.526. The third-order valence-corrected chi connectivity index (χ3v) is 5.55. The van der Waals surface area contributed by atoms with Crippen LogP contribution in [0.3, 0.4) is 0 Å². The van der Waals surface area contributed by atoms with E-state index in [0.717, 1.165) is 23.3 Å². The Kier molecular flexibility index (Phi) is 3.99. The van der Waals surface area contributed by atoms with Gasteiger partial charge in [0, 0.05) is 6.42 Å². The Morgan fingerprint density at radius 2 is 2.04 bits per heavy atom. The topological polar surface area (TPSA) is 90.0 Å². The zero-order chi connectivity index (χ0) is 18.5. The van der Waals surface area contributed by atoms with Crippen LogP contribution in [0.15, 0.2) is 24.3 Å². The normalized spacial score (nSPS) is 24.5. The average molecular weight is 357 g/mol. The van der Waals surface area contributed by atoms with Gasteiger partial charge in [0.05, 0.1) is 18.8 Å². The molecule has 2 N–H and O–H groups in total. The number of anilines is 1. The smallest absolute Gasteiger partial charge is 0.329 e. The number of aryl methyl sites for hydroxylation is 1. The van der Waals surface area contributed by atoms with Crippen LogP contribution in [0, 0.1) is 12.8 Å². The summed E-state index contributed by atoms with van der Waals surface area (Å²) in [7, 11) is 0. The predicted molar refractivity (Wildman–Crippen MR) is 94.5 cm³/mol. The van der Waals surface area contributed by atoms with Crippen LogP contribution in [0.25, 0.3) is 0 Å². The van der Waals surface area contributed by atoms with Crippen molar-refractivity contribution >= 4 is 23.5 Å². The Morgan fingerprint density at radius 1 is 1.31 bits per heavy atom. The van der Waals surface area contributed by atoms with Crippen LogP contribution < -0.4 is 10.2 Å². The second-order valence-corrected chi connectivity index (χ2v) is 7.68. The van der Waals surface area contributed by atoms with Crippen molar-refractivity contribution in [1.82, 2.24) is 10.2 Å². The molecule has 4 amide bonds. The van der Waals surface area contributed by atoms with Crippen LogP contribution >= 0.6 is 0 Å². The number of nitrogens with zero attached hydrogens (tertiary/aromatic N) is 2. The highest BCUT2D eigenvalue weighted by Gasteiger charge is 2.53. The summed E-state index contributed by atoms with van der Waals surface area (Å²) in [6.45, 7) is 2.67. The second-order valence-electron chi connectivity index (χ2n) is 7.68. The Hall–Kier alpha value is -2.41. The standard InChI is InChI=1S/C19H23N3O4/c1-12-3-2-4-14(9-12)22-17(24)15(20-18(22)25)7-8-16(23)21-10-19(26,11-21)13-5-6-13/h2-4,9,13,15,26H,5-8,10-11H2,1H3,(H,20,25). The summed E-state index contributed by atoms with van der Waals surface area (Å²) in [5.74, 6) is -0.0667. The van der Waals surface area contributed by atoms with Gasteiger partial charge in [0.15, 0.2) is 0 Å². The van der Waals surface area contributed by atoms with Crippen LogP contribution in [0.1, 0.15) is 31.2 Å². The predicted octanol–water partition coefficient (Wildman–Crippen LogP) is 1.18. The van der Waals surface area contributed by atoms with Crippen molar-refractivity contribution in [1.29, 1.82) is 0 Å². The minimum absolute atomic E-state index is 0.0774. The molecule has 2 aliphatic heterocycles. The third kappa shape index (κ3) is 2.96. The SMILES string of the molecule is Cc1cccc(N2C(=O)NC(CCC(=O)N3CC(O)(C4CC4)C3)C2=O)c1. The number of nitrogens with one attached hydrogen (secondary N) is 1. The Labute approximate surface area is 152 Å². The average Bonchev–Trinajstić information content (AvgIpc) is 3.37. The molecule has 3 aliphatic rings. The molecule has 1 saturated carbocycles. The van der Waals surface area contributed by atoms with Crippen molar-refractivity contribution in [3.63, 3.8) is 0 Å². The number of carbonyl (C=O) groups excluding carboxylic acids is 3. The monoisotopic (exact) mass is 357 g/mol. The van der Waals surface area contributed by atoms with E-state index < -0.39 is 17.7 Å². The van der Waals surface area contributed by atoms with E-state index in [1.54, 1.807) is 23.1 Å². The van der Waals surface area contributed by atoms with Gasteiger partial charge in [0.25, 0.3) is 5.91 Å². The number of hydrogen-bond donors (Lipinski definition) is 2. The number of likely N-dealkylation sites (tertiary alicyclic amines) is 1. The maximum Gasteiger partial charge on any atom is 0.329 e. The number of amides is 4. The highest BCUT2D eigenvalue weighted by Crippen LogP contribution is 2.44. The summed E-state index contributed by atoms with van der Waals surface area (Å²) in [5.41, 5.74) is 0.802. The highest BCUT2D eigenvalue weighted by molar-refractivity contribution is 6.21. The summed E-state index contributed by atoms with van der Waals surface area (Å²) in [4.78, 5) is 39.8. The largest absolute Gasteiger partial charge is 0.386 e. The summed E-state index contributed by atoms with van der Waals surface area (Å²) >= 11 is 0. The summed E-state index contributed by atoms with van der Waals surface area (Å²) in [6, 6.07) is 6.06. The second kappa shape index (κ2) is 6.09. The molecule has 26 heavy (non-hydrogen) atoms. The maximum absolute atomic E-state index is 12.6. The van der Waals surface area contributed by atoms with E-state index in [1.807, 2.05) is 13.0 Å². The van der Waals surface area contributed by atoms with E-state index >= 15 is 0 Å². The van der Waals surface area contributed by atoms with Gasteiger partial charge < -0.3 is 15.3 Å². The molecular weight excluding hydrogens is 334 g/mol. The van der Waals surface area contributed by atoms with Crippen LogP contribution in [0.5, 0.6) is 0 Å². The van der Waals surface area contributed by atoms with Crippen LogP contribution in [-0.2, 0) is 9.59 Å². The Bertz CT molecular complexity index is 768. The number of rotatable bonds is 5. The zero-order valence-electron chi connectivity index (χ0n) is 14.8. The van der Waals surface area contributed by atoms with Crippen molar-refractivity contribution in [2.75, 3.05) is 18.0 Å². The fourth-order valence-corrected chi connectivity index (χ4v) is 3.83. The number of carbonyl (C=O) groups is 3. The molecule has 1 unspecified atom stereocenters. The van der Waals surface area contributed by atoms with Gasteiger partial charge in [-0.25, -0.2) is 9.69 Å². The maximum atomic E-state index is 12.6. The Morgan fingerprint density at radius 3 is 2.69 bits per heavy atom. The first-order valence-electron chi connectivity index (χ1n) is 9.09. The number of hydrogen-bond acceptors (Lipinski definition) is 4. The Balaban J connectivity index is 1.32. The number of imide groups is 1. The van der Waals surface area contributed by atoms with Crippen molar-refractivity contribution in [2.24, 2.45) is 5.92 Å². The number of aliphatic hydroxyl groups is 1. The molecule has 3 fully saturated rings. The van der Waals surface area contributed by atoms with Gasteiger partial charge in [-0.1, -0.05) is 12.1 Å². The van der Waals surface area contributed by atoms with Crippen molar-refractivity contribution in [3.05, 3.63) is 29.8 Å². The van der Waals surface area contributed by atoms with Gasteiger partial charge in [-0.2, -0.15) is 0 Å². The first-order valence-corrected chi connectivity index (χ1v) is 9.09. The number of β-amino-alcohol motifs (C(OH)–C–C–N with tert-alkyl or cyclic N) is 1. The summed E-state index contributed by atoms with van der Waals surface area (Å²) in [5, 5.41) is 13.0. The molecular formula is C19H23N3O4. The minimum atomic E-state index is -0.699. The molecule has 1 atom stereocenters. The lowest BCUT2D eigenvalue weighted by Crippen LogP contribution is -2.64. The lowest BCUT2D eigenvalue weighted by molar-refractivity contribution is -0.159. The highest BCUT2D eigenvalue weighted by atomic mass is 16.3. The molecule has 1 aliphatic carbocycles. The quantitative estimate of drug-likeness (QED) is 0.775. The van der Waals surface area contributed by atoms with Gasteiger partial charge in [0.1, 0.15) is 11.6 Å². The van der Waals surface area contributed by atoms with Crippen LogP contribution in [-0.4, -0.2) is 52.6 Å². The molecule has 1 aromatic carbocycles. The summed E-state index contributed by atoms with van der Waals surface area (Å²) < 4.78 is 0. The molecule has 0 aromatic heterocycles. The van der Waals surface area contributed by atoms with E-state index in [0.29, 0.717) is 24.7 Å². The van der Waals surface area contributed by atoms with E-state index in [-0.39, 0.29) is 24.7 Å². The van der Waals surface area contributed by atoms with Gasteiger partial charge in [0.2, 0.25) is 5.91 Å². The van der Waals surface area contributed by atoms with Gasteiger partial charge in [-0.3, -0.25) is 9.59 Å². The molecule has 1 aromatic rings. The molecule has 0 radical (unpaired) electrons. The van der Waals surface area contributed by atoms with Gasteiger partial charge >= 0.3 is 6.03 Å². The van der Waals surface area contributed by atoms with Crippen LogP contribution in [0.4, 0.5) is 10.5 Å². The number of benzene rings is 1. The van der Waals surface area contributed by atoms with E-state index in [2.05, 4.69) is 5.32 Å². The molecule has 7 nitrogen and oxygen atoms in total. The lowest BCUT2D eigenvalue weighted by atomic mass is 9.88. The van der Waals surface area contributed by atoms with E-state index in [4.69, 9.17) is 0 Å².